The summed E-state index contributed by atoms with van der Waals surface area (Å²) in [4.78, 5) is 14.3. The van der Waals surface area contributed by atoms with Crippen LogP contribution in [0.4, 0.5) is 23.2 Å². The number of carbonyl (C=O) groups excluding carboxylic acids is 1. The van der Waals surface area contributed by atoms with E-state index in [2.05, 4.69) is 20.3 Å². The van der Waals surface area contributed by atoms with E-state index in [0.29, 0.717) is 22.4 Å². The molecule has 2 aromatic carbocycles. The first kappa shape index (κ1) is 24.5. The Morgan fingerprint density at radius 1 is 1.12 bits per heavy atom. The number of amides is 1. The molecule has 1 amide bonds. The van der Waals surface area contributed by atoms with Crippen molar-refractivity contribution < 1.29 is 27.1 Å². The average molecular weight is 483 g/mol. The summed E-state index contributed by atoms with van der Waals surface area (Å²) in [7, 11) is 3.78. The molecular weight excluding hydrogens is 462 g/mol. The molecule has 0 aliphatic rings. The summed E-state index contributed by atoms with van der Waals surface area (Å²) in [5.41, 5.74) is 0.963. The standard InChI is InChI=1S/C21H21F4N5O2S/c1-13(29(2)3)19-27-28-20(30(19)16-8-4-14(22)5-9-16)33-12-18(31)26-15-6-10-17(11-7-15)32-21(23,24)25/h4-11,13H,12H2,1-3H3,(H,26,31). The van der Waals surface area contributed by atoms with E-state index < -0.39 is 6.36 Å². The maximum absolute atomic E-state index is 13.4. The number of ether oxygens (including phenoxy) is 1. The van der Waals surface area contributed by atoms with E-state index in [-0.39, 0.29) is 29.3 Å². The Morgan fingerprint density at radius 2 is 1.76 bits per heavy atom. The van der Waals surface area contributed by atoms with Gasteiger partial charge in [-0.3, -0.25) is 14.3 Å². The van der Waals surface area contributed by atoms with Gasteiger partial charge in [0.2, 0.25) is 5.91 Å². The van der Waals surface area contributed by atoms with Crippen LogP contribution >= 0.6 is 11.8 Å². The number of nitrogens with one attached hydrogen (secondary N) is 1. The number of aromatic nitrogens is 3. The Labute approximate surface area is 191 Å². The van der Waals surface area contributed by atoms with Crippen LogP contribution in [0.1, 0.15) is 18.8 Å². The van der Waals surface area contributed by atoms with E-state index >= 15 is 0 Å². The van der Waals surface area contributed by atoms with Crippen LogP contribution in [0.25, 0.3) is 5.69 Å². The average Bonchev–Trinajstić information content (AvgIpc) is 3.16. The minimum absolute atomic E-state index is 0.0313. The Bertz CT molecular complexity index is 1090. The topological polar surface area (TPSA) is 72.3 Å². The fraction of sp³-hybridized carbons (Fsp3) is 0.286. The third kappa shape index (κ3) is 6.68. The summed E-state index contributed by atoms with van der Waals surface area (Å²) in [6.07, 6.45) is -4.79. The molecule has 3 rings (SSSR count). The van der Waals surface area contributed by atoms with Crippen molar-refractivity contribution in [3.8, 4) is 11.4 Å². The van der Waals surface area contributed by atoms with Gasteiger partial charge in [-0.15, -0.1) is 23.4 Å². The second-order valence-corrected chi connectivity index (χ2v) is 8.14. The van der Waals surface area contributed by atoms with Crippen LogP contribution < -0.4 is 10.1 Å². The van der Waals surface area contributed by atoms with Crippen LogP contribution in [0.15, 0.2) is 53.7 Å². The molecule has 1 N–H and O–H groups in total. The predicted octanol–water partition coefficient (Wildman–Crippen LogP) is 4.66. The van der Waals surface area contributed by atoms with Crippen molar-refractivity contribution in [1.29, 1.82) is 0 Å². The molecule has 0 fully saturated rings. The third-order valence-corrected chi connectivity index (χ3v) is 5.52. The van der Waals surface area contributed by atoms with Crippen LogP contribution in [0.3, 0.4) is 0 Å². The van der Waals surface area contributed by atoms with Gasteiger partial charge in [-0.2, -0.15) is 0 Å². The van der Waals surface area contributed by atoms with E-state index in [1.807, 2.05) is 25.9 Å². The normalized spacial score (nSPS) is 12.6. The minimum atomic E-state index is -4.79. The maximum Gasteiger partial charge on any atom is 0.573 e. The molecule has 1 aromatic heterocycles. The second kappa shape index (κ2) is 10.2. The number of nitrogens with zero attached hydrogens (tertiary/aromatic N) is 4. The lowest BCUT2D eigenvalue weighted by Gasteiger charge is -2.20. The van der Waals surface area contributed by atoms with Crippen molar-refractivity contribution in [3.63, 3.8) is 0 Å². The number of anilines is 1. The van der Waals surface area contributed by atoms with Crippen LogP contribution in [0.2, 0.25) is 0 Å². The minimum Gasteiger partial charge on any atom is -0.406 e. The van der Waals surface area contributed by atoms with Crippen LogP contribution in [0.5, 0.6) is 5.75 Å². The van der Waals surface area contributed by atoms with Gasteiger partial charge in [-0.05, 0) is 69.6 Å². The van der Waals surface area contributed by atoms with Crippen molar-refractivity contribution in [2.45, 2.75) is 24.5 Å². The molecule has 176 valence electrons. The molecule has 7 nitrogen and oxygen atoms in total. The highest BCUT2D eigenvalue weighted by atomic mass is 32.2. The van der Waals surface area contributed by atoms with Gasteiger partial charge in [0.25, 0.3) is 0 Å². The first-order valence-electron chi connectivity index (χ1n) is 9.69. The summed E-state index contributed by atoms with van der Waals surface area (Å²) < 4.78 is 55.7. The molecule has 0 radical (unpaired) electrons. The lowest BCUT2D eigenvalue weighted by Crippen LogP contribution is -2.21. The number of hydrogen-bond donors (Lipinski definition) is 1. The molecule has 0 bridgehead atoms. The van der Waals surface area contributed by atoms with Gasteiger partial charge in [-0.25, -0.2) is 4.39 Å². The molecule has 0 aliphatic heterocycles. The Hall–Kier alpha value is -3.12. The van der Waals surface area contributed by atoms with Crippen molar-refractivity contribution >= 4 is 23.4 Å². The predicted molar refractivity (Wildman–Crippen MR) is 116 cm³/mol. The molecule has 3 aromatic rings. The number of hydrogen-bond acceptors (Lipinski definition) is 6. The van der Waals surface area contributed by atoms with Crippen LogP contribution in [-0.4, -0.2) is 51.8 Å². The SMILES string of the molecule is CC(c1nnc(SCC(=O)Nc2ccc(OC(F)(F)F)cc2)n1-c1ccc(F)cc1)N(C)C. The maximum atomic E-state index is 13.4. The zero-order chi connectivity index (χ0) is 24.2. The fourth-order valence-corrected chi connectivity index (χ4v) is 3.54. The third-order valence-electron chi connectivity index (χ3n) is 4.60. The van der Waals surface area contributed by atoms with Gasteiger partial charge in [0.05, 0.1) is 11.8 Å². The van der Waals surface area contributed by atoms with Crippen LogP contribution in [0, 0.1) is 5.82 Å². The molecular formula is C21H21F4N5O2S. The number of halogens is 4. The number of thioether (sulfide) groups is 1. The number of carbonyl (C=O) groups is 1. The molecule has 1 unspecified atom stereocenters. The van der Waals surface area contributed by atoms with E-state index in [1.54, 1.807) is 16.7 Å². The van der Waals surface area contributed by atoms with E-state index in [1.165, 1.54) is 24.3 Å². The second-order valence-electron chi connectivity index (χ2n) is 7.20. The van der Waals surface area contributed by atoms with Crippen molar-refractivity contribution in [1.82, 2.24) is 19.7 Å². The first-order chi connectivity index (χ1) is 15.5. The summed E-state index contributed by atoms with van der Waals surface area (Å²) >= 11 is 1.13. The van der Waals surface area contributed by atoms with E-state index in [4.69, 9.17) is 0 Å². The molecule has 33 heavy (non-hydrogen) atoms. The smallest absolute Gasteiger partial charge is 0.406 e. The first-order valence-corrected chi connectivity index (χ1v) is 10.7. The number of benzene rings is 2. The van der Waals surface area contributed by atoms with Crippen molar-refractivity contribution in [2.24, 2.45) is 0 Å². The Balaban J connectivity index is 1.71. The largest absolute Gasteiger partial charge is 0.573 e. The molecule has 1 atom stereocenters. The van der Waals surface area contributed by atoms with Gasteiger partial charge in [-0.1, -0.05) is 11.8 Å². The molecule has 12 heteroatoms. The molecule has 0 saturated heterocycles. The lowest BCUT2D eigenvalue weighted by atomic mass is 10.2. The quantitative estimate of drug-likeness (QED) is 0.371. The fourth-order valence-electron chi connectivity index (χ4n) is 2.78. The number of alkyl halides is 3. The Kier molecular flexibility index (Phi) is 7.59. The van der Waals surface area contributed by atoms with E-state index in [0.717, 1.165) is 23.9 Å². The molecule has 0 spiro atoms. The zero-order valence-electron chi connectivity index (χ0n) is 17.9. The van der Waals surface area contributed by atoms with Gasteiger partial charge in [0, 0.05) is 11.4 Å². The molecule has 0 aliphatic carbocycles. The highest BCUT2D eigenvalue weighted by Crippen LogP contribution is 2.28. The van der Waals surface area contributed by atoms with Crippen molar-refractivity contribution in [2.75, 3.05) is 25.2 Å². The lowest BCUT2D eigenvalue weighted by molar-refractivity contribution is -0.274. The highest BCUT2D eigenvalue weighted by Gasteiger charge is 2.31. The van der Waals surface area contributed by atoms with Gasteiger partial charge >= 0.3 is 6.36 Å². The van der Waals surface area contributed by atoms with Crippen LogP contribution in [-0.2, 0) is 4.79 Å². The van der Waals surface area contributed by atoms with Crippen molar-refractivity contribution in [3.05, 3.63) is 60.2 Å². The monoisotopic (exact) mass is 483 g/mol. The van der Waals surface area contributed by atoms with E-state index in [9.17, 15) is 22.4 Å². The summed E-state index contributed by atoms with van der Waals surface area (Å²) in [6, 6.07) is 10.6. The zero-order valence-corrected chi connectivity index (χ0v) is 18.7. The van der Waals surface area contributed by atoms with Gasteiger partial charge < -0.3 is 10.1 Å². The summed E-state index contributed by atoms with van der Waals surface area (Å²) in [5, 5.41) is 11.5. The molecule has 1 heterocycles. The summed E-state index contributed by atoms with van der Waals surface area (Å²) in [6.45, 7) is 1.94. The highest BCUT2D eigenvalue weighted by molar-refractivity contribution is 7.99. The number of rotatable bonds is 8. The van der Waals surface area contributed by atoms with Gasteiger partial charge in [0.1, 0.15) is 11.6 Å². The van der Waals surface area contributed by atoms with Gasteiger partial charge in [0.15, 0.2) is 11.0 Å². The summed E-state index contributed by atoms with van der Waals surface area (Å²) in [5.74, 6) is -0.564. The Morgan fingerprint density at radius 3 is 2.33 bits per heavy atom. The molecule has 0 saturated carbocycles.